The number of carbonyl (C=O) groups is 2. The van der Waals surface area contributed by atoms with Crippen LogP contribution in [0.5, 0.6) is 0 Å². The highest BCUT2D eigenvalue weighted by molar-refractivity contribution is 5.70. The van der Waals surface area contributed by atoms with E-state index in [1.165, 1.54) is 25.7 Å². The molecule has 5 nitrogen and oxygen atoms in total. The van der Waals surface area contributed by atoms with Crippen LogP contribution in [0.25, 0.3) is 0 Å². The quantitative estimate of drug-likeness (QED) is 0.0721. The summed E-state index contributed by atoms with van der Waals surface area (Å²) in [6.07, 6.45) is 34.0. The second kappa shape index (κ2) is 26.9. The molecule has 36 heavy (non-hydrogen) atoms. The lowest BCUT2D eigenvalue weighted by molar-refractivity contribution is -0.161. The van der Waals surface area contributed by atoms with Crippen LogP contribution < -0.4 is 0 Å². The summed E-state index contributed by atoms with van der Waals surface area (Å²) in [5.41, 5.74) is 0. The van der Waals surface area contributed by atoms with Gasteiger partial charge >= 0.3 is 11.9 Å². The maximum absolute atomic E-state index is 12.0. The van der Waals surface area contributed by atoms with Gasteiger partial charge in [-0.1, -0.05) is 106 Å². The molecule has 0 aromatic carbocycles. The van der Waals surface area contributed by atoms with Crippen LogP contribution in [-0.2, 0) is 19.1 Å². The largest absolute Gasteiger partial charge is 0.462 e. The second-order valence-electron chi connectivity index (χ2n) is 8.50. The number of esters is 2. The number of carbonyl (C=O) groups excluding carboxylic acids is 2. The fourth-order valence-electron chi connectivity index (χ4n) is 3.05. The summed E-state index contributed by atoms with van der Waals surface area (Å²) in [6, 6.07) is 0. The third kappa shape index (κ3) is 24.5. The van der Waals surface area contributed by atoms with E-state index in [-0.39, 0.29) is 38.0 Å². The highest BCUT2D eigenvalue weighted by Crippen LogP contribution is 2.06. The van der Waals surface area contributed by atoms with Crippen LogP contribution in [0.2, 0.25) is 0 Å². The Bertz CT molecular complexity index is 712. The number of unbranched alkanes of at least 4 members (excludes halogenated alkanes) is 6. The van der Waals surface area contributed by atoms with Gasteiger partial charge in [0.15, 0.2) is 6.10 Å². The van der Waals surface area contributed by atoms with Crippen LogP contribution in [0.15, 0.2) is 72.9 Å². The third-order valence-corrected chi connectivity index (χ3v) is 5.11. The summed E-state index contributed by atoms with van der Waals surface area (Å²) in [5, 5.41) is 9.41. The molecule has 0 aliphatic heterocycles. The molecule has 0 aromatic rings. The molecule has 0 heterocycles. The summed E-state index contributed by atoms with van der Waals surface area (Å²) in [5.74, 6) is -0.733. The zero-order valence-corrected chi connectivity index (χ0v) is 22.5. The van der Waals surface area contributed by atoms with E-state index in [0.29, 0.717) is 12.8 Å². The minimum absolute atomic E-state index is 0.119. The Morgan fingerprint density at radius 1 is 0.667 bits per heavy atom. The highest BCUT2D eigenvalue weighted by Gasteiger charge is 2.15. The molecule has 0 radical (unpaired) electrons. The smallest absolute Gasteiger partial charge is 0.306 e. The zero-order valence-electron chi connectivity index (χ0n) is 22.5. The van der Waals surface area contributed by atoms with Gasteiger partial charge in [-0.05, 0) is 44.9 Å². The van der Waals surface area contributed by atoms with E-state index in [2.05, 4.69) is 32.1 Å². The molecule has 0 aliphatic carbocycles. The van der Waals surface area contributed by atoms with Crippen molar-refractivity contribution in [3.63, 3.8) is 0 Å². The van der Waals surface area contributed by atoms with Crippen molar-refractivity contribution in [2.24, 2.45) is 0 Å². The normalized spacial score (nSPS) is 13.3. The van der Waals surface area contributed by atoms with Gasteiger partial charge in [-0.25, -0.2) is 0 Å². The number of hydrogen-bond donors (Lipinski definition) is 1. The molecule has 0 spiro atoms. The van der Waals surface area contributed by atoms with Crippen molar-refractivity contribution in [3.05, 3.63) is 72.9 Å². The minimum atomic E-state index is -0.814. The van der Waals surface area contributed by atoms with Crippen molar-refractivity contribution in [2.75, 3.05) is 13.2 Å². The lowest BCUT2D eigenvalue weighted by Crippen LogP contribution is -2.28. The van der Waals surface area contributed by atoms with E-state index in [1.807, 2.05) is 54.7 Å². The van der Waals surface area contributed by atoms with E-state index in [9.17, 15) is 14.7 Å². The summed E-state index contributed by atoms with van der Waals surface area (Å²) >= 11 is 0. The molecule has 0 aliphatic rings. The Morgan fingerprint density at radius 2 is 1.22 bits per heavy atom. The molecule has 0 bridgehead atoms. The Morgan fingerprint density at radius 3 is 1.83 bits per heavy atom. The molecule has 0 amide bonds. The average molecular weight is 501 g/mol. The monoisotopic (exact) mass is 500 g/mol. The Labute approximate surface area is 219 Å². The van der Waals surface area contributed by atoms with Gasteiger partial charge in [0.2, 0.25) is 0 Å². The van der Waals surface area contributed by atoms with Gasteiger partial charge in [0.05, 0.1) is 6.61 Å². The van der Waals surface area contributed by atoms with Crippen molar-refractivity contribution in [3.8, 4) is 0 Å². The van der Waals surface area contributed by atoms with Gasteiger partial charge < -0.3 is 14.6 Å². The number of allylic oxidation sites excluding steroid dienone is 12. The fraction of sp³-hybridized carbons (Fsp3) is 0.548. The first-order chi connectivity index (χ1) is 17.6. The fourth-order valence-corrected chi connectivity index (χ4v) is 3.05. The molecule has 1 unspecified atom stereocenters. The molecule has 0 aromatic heterocycles. The number of aliphatic hydroxyl groups excluding tert-OH is 1. The van der Waals surface area contributed by atoms with E-state index in [4.69, 9.17) is 9.47 Å². The van der Waals surface area contributed by atoms with Crippen LogP contribution in [0.3, 0.4) is 0 Å². The Kier molecular flexibility index (Phi) is 24.9. The first kappa shape index (κ1) is 33.3. The average Bonchev–Trinajstić information content (AvgIpc) is 2.88. The standard InChI is InChI=1S/C31H48O5/c1-3-5-7-9-11-13-14-15-16-18-19-21-23-25-30(33)35-28-29(27-32)36-31(34)26-24-22-20-17-12-10-8-6-4-2/h5,7,9,11,13-20,29,32H,3-4,6,8,10,12,21-28H2,1-2H3/b7-5+,11-9+,14-13+,16-15+,19-18+,20-17+. The van der Waals surface area contributed by atoms with Crippen LogP contribution in [0.1, 0.15) is 90.9 Å². The summed E-state index contributed by atoms with van der Waals surface area (Å²) in [4.78, 5) is 23.8. The molecular formula is C31H48O5. The molecular weight excluding hydrogens is 452 g/mol. The summed E-state index contributed by atoms with van der Waals surface area (Å²) in [6.45, 7) is 3.81. The van der Waals surface area contributed by atoms with Crippen LogP contribution in [0.4, 0.5) is 0 Å². The molecule has 1 atom stereocenters. The lowest BCUT2D eigenvalue weighted by atomic mass is 10.1. The van der Waals surface area contributed by atoms with Crippen LogP contribution >= 0.6 is 0 Å². The minimum Gasteiger partial charge on any atom is -0.462 e. The third-order valence-electron chi connectivity index (χ3n) is 5.11. The van der Waals surface area contributed by atoms with Gasteiger partial charge in [0.1, 0.15) is 6.61 Å². The van der Waals surface area contributed by atoms with Gasteiger partial charge in [-0.2, -0.15) is 0 Å². The van der Waals surface area contributed by atoms with Gasteiger partial charge in [-0.3, -0.25) is 9.59 Å². The predicted octanol–water partition coefficient (Wildman–Crippen LogP) is 7.49. The molecule has 1 N–H and O–H groups in total. The Hall–Kier alpha value is -2.66. The number of hydrogen-bond acceptors (Lipinski definition) is 5. The predicted molar refractivity (Wildman–Crippen MR) is 150 cm³/mol. The van der Waals surface area contributed by atoms with E-state index >= 15 is 0 Å². The van der Waals surface area contributed by atoms with Crippen molar-refractivity contribution < 1.29 is 24.2 Å². The number of aliphatic hydroxyl groups is 1. The highest BCUT2D eigenvalue weighted by atomic mass is 16.6. The van der Waals surface area contributed by atoms with E-state index in [1.54, 1.807) is 0 Å². The van der Waals surface area contributed by atoms with Crippen LogP contribution in [0, 0.1) is 0 Å². The van der Waals surface area contributed by atoms with Gasteiger partial charge in [0.25, 0.3) is 0 Å². The second-order valence-corrected chi connectivity index (χ2v) is 8.50. The van der Waals surface area contributed by atoms with Gasteiger partial charge in [-0.15, -0.1) is 0 Å². The first-order valence-electron chi connectivity index (χ1n) is 13.6. The molecule has 0 fully saturated rings. The Balaban J connectivity index is 3.87. The molecule has 0 rings (SSSR count). The van der Waals surface area contributed by atoms with E-state index < -0.39 is 6.10 Å². The summed E-state index contributed by atoms with van der Waals surface area (Å²) in [7, 11) is 0. The van der Waals surface area contributed by atoms with Crippen LogP contribution in [-0.4, -0.2) is 36.4 Å². The van der Waals surface area contributed by atoms with Crippen molar-refractivity contribution >= 4 is 11.9 Å². The molecule has 5 heteroatoms. The van der Waals surface area contributed by atoms with Gasteiger partial charge in [0, 0.05) is 12.8 Å². The summed E-state index contributed by atoms with van der Waals surface area (Å²) < 4.78 is 10.4. The van der Waals surface area contributed by atoms with Crippen molar-refractivity contribution in [1.82, 2.24) is 0 Å². The number of ether oxygens (including phenoxy) is 2. The molecule has 0 saturated carbocycles. The maximum Gasteiger partial charge on any atom is 0.306 e. The topological polar surface area (TPSA) is 72.8 Å². The van der Waals surface area contributed by atoms with Crippen molar-refractivity contribution in [2.45, 2.75) is 97.0 Å². The molecule has 202 valence electrons. The van der Waals surface area contributed by atoms with E-state index in [0.717, 1.165) is 25.7 Å². The number of rotatable bonds is 22. The first-order valence-corrected chi connectivity index (χ1v) is 13.6. The SMILES string of the molecule is CC/C=C/C=C/C=C/C=C/C=C/CCCC(=O)OCC(CO)OC(=O)CCC/C=C/CCCCCC. The maximum atomic E-state index is 12.0. The zero-order chi connectivity index (χ0) is 26.5. The molecule has 0 saturated heterocycles. The lowest BCUT2D eigenvalue weighted by Gasteiger charge is -2.15. The van der Waals surface area contributed by atoms with Crippen molar-refractivity contribution in [1.29, 1.82) is 0 Å².